The fourth-order valence-electron chi connectivity index (χ4n) is 0.946. The van der Waals surface area contributed by atoms with Crippen LogP contribution in [-0.2, 0) is 14.3 Å². The van der Waals surface area contributed by atoms with Crippen molar-refractivity contribution in [3.05, 3.63) is 0 Å². The van der Waals surface area contributed by atoms with Gasteiger partial charge in [0.25, 0.3) is 0 Å². The van der Waals surface area contributed by atoms with E-state index in [1.54, 1.807) is 0 Å². The van der Waals surface area contributed by atoms with E-state index < -0.39 is 11.4 Å². The summed E-state index contributed by atoms with van der Waals surface area (Å²) in [5, 5.41) is 11.4. The van der Waals surface area contributed by atoms with Gasteiger partial charge in [0.05, 0.1) is 12.0 Å². The van der Waals surface area contributed by atoms with Crippen LogP contribution < -0.4 is 5.32 Å². The van der Waals surface area contributed by atoms with E-state index in [9.17, 15) is 9.59 Å². The third-order valence-electron chi connectivity index (χ3n) is 1.95. The Bertz CT molecular complexity index is 225. The van der Waals surface area contributed by atoms with E-state index in [4.69, 9.17) is 9.84 Å². The van der Waals surface area contributed by atoms with Crippen molar-refractivity contribution in [2.24, 2.45) is 5.41 Å². The number of nitrogens with one attached hydrogen (secondary N) is 1. The first-order valence-corrected chi connectivity index (χ1v) is 4.98. The van der Waals surface area contributed by atoms with Gasteiger partial charge in [0, 0.05) is 19.6 Å². The van der Waals surface area contributed by atoms with Crippen molar-refractivity contribution in [1.29, 1.82) is 0 Å². The molecule has 0 unspecified atom stereocenters. The maximum absolute atomic E-state index is 11.3. The Hall–Kier alpha value is -1.10. The highest BCUT2D eigenvalue weighted by molar-refractivity contribution is 5.84. The highest BCUT2D eigenvalue weighted by Crippen LogP contribution is 2.19. The summed E-state index contributed by atoms with van der Waals surface area (Å²) in [4.78, 5) is 22.0. The molecule has 0 aromatic carbocycles. The lowest BCUT2D eigenvalue weighted by atomic mass is 9.89. The number of ether oxygens (including phenoxy) is 1. The second kappa shape index (κ2) is 6.40. The second-order valence-corrected chi connectivity index (χ2v) is 3.91. The van der Waals surface area contributed by atoms with Gasteiger partial charge in [0.15, 0.2) is 0 Å². The summed E-state index contributed by atoms with van der Waals surface area (Å²) in [7, 11) is 0. The number of carbonyl (C=O) groups is 2. The van der Waals surface area contributed by atoms with Crippen molar-refractivity contribution in [3.8, 4) is 0 Å². The molecule has 0 radical (unpaired) electrons. The van der Waals surface area contributed by atoms with Crippen LogP contribution in [0.5, 0.6) is 0 Å². The summed E-state index contributed by atoms with van der Waals surface area (Å²) in [5.41, 5.74) is -1.02. The Balaban J connectivity index is 3.79. The molecular weight excluding hydrogens is 198 g/mol. The third kappa shape index (κ3) is 6.06. The molecule has 0 aliphatic carbocycles. The molecule has 0 saturated carbocycles. The van der Waals surface area contributed by atoms with Crippen LogP contribution in [0.25, 0.3) is 0 Å². The molecule has 0 atom stereocenters. The molecule has 0 bridgehead atoms. The van der Waals surface area contributed by atoms with Gasteiger partial charge in [0.1, 0.15) is 0 Å². The zero-order chi connectivity index (χ0) is 11.9. The smallest absolute Gasteiger partial charge is 0.309 e. The molecule has 0 aliphatic heterocycles. The maximum Gasteiger partial charge on any atom is 0.309 e. The number of amides is 1. The maximum atomic E-state index is 11.3. The Labute approximate surface area is 89.8 Å². The first-order valence-electron chi connectivity index (χ1n) is 4.98. The van der Waals surface area contributed by atoms with E-state index in [2.05, 4.69) is 5.32 Å². The molecule has 0 rings (SSSR count). The van der Waals surface area contributed by atoms with E-state index in [1.807, 2.05) is 6.92 Å². The van der Waals surface area contributed by atoms with Gasteiger partial charge in [0.2, 0.25) is 5.91 Å². The largest absolute Gasteiger partial charge is 0.481 e. The van der Waals surface area contributed by atoms with E-state index in [-0.39, 0.29) is 12.3 Å². The average Bonchev–Trinajstić information content (AvgIpc) is 2.11. The summed E-state index contributed by atoms with van der Waals surface area (Å²) < 4.78 is 5.03. The van der Waals surface area contributed by atoms with Gasteiger partial charge in [-0.15, -0.1) is 0 Å². The van der Waals surface area contributed by atoms with Crippen LogP contribution in [0.3, 0.4) is 0 Å². The van der Waals surface area contributed by atoms with Crippen molar-refractivity contribution in [1.82, 2.24) is 5.32 Å². The molecule has 88 valence electrons. The lowest BCUT2D eigenvalue weighted by Crippen LogP contribution is -2.34. The van der Waals surface area contributed by atoms with E-state index >= 15 is 0 Å². The number of hydrogen-bond acceptors (Lipinski definition) is 3. The lowest BCUT2D eigenvalue weighted by molar-refractivity contribution is -0.149. The zero-order valence-corrected chi connectivity index (χ0v) is 9.50. The second-order valence-electron chi connectivity index (χ2n) is 3.91. The van der Waals surface area contributed by atoms with Gasteiger partial charge >= 0.3 is 5.97 Å². The highest BCUT2D eigenvalue weighted by atomic mass is 16.5. The molecule has 0 heterocycles. The Kier molecular flexibility index (Phi) is 5.93. The topological polar surface area (TPSA) is 75.6 Å². The molecular formula is C10H19NO4. The molecule has 15 heavy (non-hydrogen) atoms. The van der Waals surface area contributed by atoms with Gasteiger partial charge < -0.3 is 15.2 Å². The Morgan fingerprint density at radius 2 is 2.00 bits per heavy atom. The minimum atomic E-state index is -1.02. The van der Waals surface area contributed by atoms with Gasteiger partial charge in [-0.2, -0.15) is 0 Å². The quantitative estimate of drug-likeness (QED) is 0.614. The minimum Gasteiger partial charge on any atom is -0.481 e. The summed E-state index contributed by atoms with van der Waals surface area (Å²) in [6.45, 7) is 6.40. The molecule has 2 N–H and O–H groups in total. The fourth-order valence-corrected chi connectivity index (χ4v) is 0.946. The summed E-state index contributed by atoms with van der Waals surface area (Å²) in [6.07, 6.45) is -0.0194. The molecule has 0 spiro atoms. The summed E-state index contributed by atoms with van der Waals surface area (Å²) >= 11 is 0. The van der Waals surface area contributed by atoms with Crippen molar-refractivity contribution < 1.29 is 19.4 Å². The number of hydrogen-bond donors (Lipinski definition) is 2. The van der Waals surface area contributed by atoms with Crippen LogP contribution in [0.15, 0.2) is 0 Å². The van der Waals surface area contributed by atoms with Crippen molar-refractivity contribution in [3.63, 3.8) is 0 Å². The molecule has 5 heteroatoms. The van der Waals surface area contributed by atoms with Crippen LogP contribution in [0.1, 0.15) is 27.2 Å². The van der Waals surface area contributed by atoms with Crippen LogP contribution >= 0.6 is 0 Å². The lowest BCUT2D eigenvalue weighted by Gasteiger charge is -2.18. The monoisotopic (exact) mass is 217 g/mol. The predicted molar refractivity (Wildman–Crippen MR) is 55.5 cm³/mol. The molecule has 0 aromatic rings. The molecule has 0 fully saturated rings. The number of carbonyl (C=O) groups excluding carboxylic acids is 1. The van der Waals surface area contributed by atoms with Gasteiger partial charge in [-0.25, -0.2) is 0 Å². The fraction of sp³-hybridized carbons (Fsp3) is 0.800. The zero-order valence-electron chi connectivity index (χ0n) is 9.50. The number of aliphatic carboxylic acids is 1. The SMILES string of the molecule is CCOCCNC(=O)CC(C)(C)C(=O)O. The summed E-state index contributed by atoms with van der Waals surface area (Å²) in [5.74, 6) is -1.23. The van der Waals surface area contributed by atoms with Crippen LogP contribution in [0.2, 0.25) is 0 Å². The standard InChI is InChI=1S/C10H19NO4/c1-4-15-6-5-11-8(12)7-10(2,3)9(13)14/h4-7H2,1-3H3,(H,11,12)(H,13,14). The van der Waals surface area contributed by atoms with E-state index in [0.29, 0.717) is 19.8 Å². The molecule has 0 aliphatic rings. The molecule has 1 amide bonds. The van der Waals surface area contributed by atoms with Crippen LogP contribution in [0, 0.1) is 5.41 Å². The average molecular weight is 217 g/mol. The van der Waals surface area contributed by atoms with Crippen LogP contribution in [0.4, 0.5) is 0 Å². The Morgan fingerprint density at radius 1 is 1.40 bits per heavy atom. The minimum absolute atomic E-state index is 0.0194. The number of carboxylic acids is 1. The Morgan fingerprint density at radius 3 is 2.47 bits per heavy atom. The van der Waals surface area contributed by atoms with Gasteiger partial charge in [-0.05, 0) is 20.8 Å². The van der Waals surface area contributed by atoms with Crippen molar-refractivity contribution in [2.75, 3.05) is 19.8 Å². The van der Waals surface area contributed by atoms with Gasteiger partial charge in [-0.3, -0.25) is 9.59 Å². The van der Waals surface area contributed by atoms with E-state index in [1.165, 1.54) is 13.8 Å². The highest BCUT2D eigenvalue weighted by Gasteiger charge is 2.29. The first-order chi connectivity index (χ1) is 6.90. The predicted octanol–water partition coefficient (Wildman–Crippen LogP) is 0.640. The van der Waals surface area contributed by atoms with E-state index in [0.717, 1.165) is 0 Å². The van der Waals surface area contributed by atoms with Crippen molar-refractivity contribution >= 4 is 11.9 Å². The number of carboxylic acid groups (broad SMARTS) is 1. The number of rotatable bonds is 7. The van der Waals surface area contributed by atoms with Gasteiger partial charge in [-0.1, -0.05) is 0 Å². The van der Waals surface area contributed by atoms with Crippen molar-refractivity contribution in [2.45, 2.75) is 27.2 Å². The molecule has 0 saturated heterocycles. The normalized spacial score (nSPS) is 11.1. The molecule has 5 nitrogen and oxygen atoms in total. The first kappa shape index (κ1) is 13.9. The van der Waals surface area contributed by atoms with Crippen LogP contribution in [-0.4, -0.2) is 36.7 Å². The molecule has 0 aromatic heterocycles. The summed E-state index contributed by atoms with van der Waals surface area (Å²) in [6, 6.07) is 0. The third-order valence-corrected chi connectivity index (χ3v) is 1.95.